The van der Waals surface area contributed by atoms with Crippen molar-refractivity contribution in [2.75, 3.05) is 0 Å². The fourth-order valence-corrected chi connectivity index (χ4v) is 2.26. The van der Waals surface area contributed by atoms with Crippen molar-refractivity contribution in [1.29, 1.82) is 0 Å². The monoisotopic (exact) mass is 284 g/mol. The van der Waals surface area contributed by atoms with Gasteiger partial charge in [0, 0.05) is 18.8 Å². The lowest BCUT2D eigenvalue weighted by molar-refractivity contribution is 0.0687. The highest BCUT2D eigenvalue weighted by Crippen LogP contribution is 2.13. The molecule has 2 rings (SSSR count). The second-order valence-corrected chi connectivity index (χ2v) is 5.38. The smallest absolute Gasteiger partial charge is 0.261 e. The summed E-state index contributed by atoms with van der Waals surface area (Å²) in [6.45, 7) is 6.18. The lowest BCUT2D eigenvalue weighted by Crippen LogP contribution is -2.39. The van der Waals surface area contributed by atoms with E-state index >= 15 is 0 Å². The molecule has 0 bridgehead atoms. The first kappa shape index (κ1) is 15.0. The summed E-state index contributed by atoms with van der Waals surface area (Å²) in [7, 11) is 0. The van der Waals surface area contributed by atoms with Crippen molar-refractivity contribution in [3.05, 3.63) is 69.6 Å². The van der Waals surface area contributed by atoms with Gasteiger partial charge in [-0.2, -0.15) is 0 Å². The average molecular weight is 284 g/mol. The maximum Gasteiger partial charge on any atom is 0.261 e. The Kier molecular flexibility index (Phi) is 4.58. The van der Waals surface area contributed by atoms with Crippen LogP contribution in [0.25, 0.3) is 0 Å². The van der Waals surface area contributed by atoms with Crippen LogP contribution in [0.2, 0.25) is 0 Å². The molecule has 1 heterocycles. The first-order valence-electron chi connectivity index (χ1n) is 7.04. The van der Waals surface area contributed by atoms with Crippen molar-refractivity contribution < 1.29 is 4.79 Å². The van der Waals surface area contributed by atoms with Crippen LogP contribution in [0.3, 0.4) is 0 Å². The van der Waals surface area contributed by atoms with E-state index in [9.17, 15) is 9.59 Å². The fraction of sp³-hybridized carbons (Fsp3) is 0.294. The van der Waals surface area contributed by atoms with E-state index < -0.39 is 0 Å². The van der Waals surface area contributed by atoms with Crippen LogP contribution in [0.15, 0.2) is 47.4 Å². The second-order valence-electron chi connectivity index (χ2n) is 5.38. The van der Waals surface area contributed by atoms with Crippen LogP contribution in [0.1, 0.15) is 35.3 Å². The number of aryl methyl sites for hydroxylation is 1. The summed E-state index contributed by atoms with van der Waals surface area (Å²) in [5.74, 6) is -0.229. The van der Waals surface area contributed by atoms with Gasteiger partial charge in [0.1, 0.15) is 5.56 Å². The van der Waals surface area contributed by atoms with Crippen LogP contribution in [0.4, 0.5) is 0 Å². The van der Waals surface area contributed by atoms with Crippen molar-refractivity contribution >= 4 is 5.91 Å². The number of pyridine rings is 1. The van der Waals surface area contributed by atoms with Gasteiger partial charge < -0.3 is 9.88 Å². The highest BCUT2D eigenvalue weighted by atomic mass is 16.2. The Hall–Kier alpha value is -2.36. The van der Waals surface area contributed by atoms with Crippen LogP contribution in [0.5, 0.6) is 0 Å². The summed E-state index contributed by atoms with van der Waals surface area (Å²) in [4.78, 5) is 29.0. The maximum absolute atomic E-state index is 12.7. The zero-order valence-corrected chi connectivity index (χ0v) is 12.6. The third-order valence-electron chi connectivity index (χ3n) is 3.46. The molecule has 2 aromatic rings. The minimum absolute atomic E-state index is 0.0108. The molecule has 1 aromatic carbocycles. The van der Waals surface area contributed by atoms with Crippen LogP contribution in [-0.4, -0.2) is 21.8 Å². The molecule has 1 N–H and O–H groups in total. The van der Waals surface area contributed by atoms with Crippen molar-refractivity contribution in [2.24, 2.45) is 0 Å². The molecule has 21 heavy (non-hydrogen) atoms. The average Bonchev–Trinajstić information content (AvgIpc) is 2.45. The summed E-state index contributed by atoms with van der Waals surface area (Å²) >= 11 is 0. The molecule has 0 radical (unpaired) electrons. The third kappa shape index (κ3) is 3.40. The summed E-state index contributed by atoms with van der Waals surface area (Å²) in [5.41, 5.74) is 1.63. The van der Waals surface area contributed by atoms with Gasteiger partial charge in [-0.15, -0.1) is 0 Å². The molecular weight excluding hydrogens is 264 g/mol. The summed E-state index contributed by atoms with van der Waals surface area (Å²) in [6.07, 6.45) is 1.56. The zero-order valence-electron chi connectivity index (χ0n) is 12.6. The number of carbonyl (C=O) groups excluding carboxylic acids is 1. The van der Waals surface area contributed by atoms with Gasteiger partial charge in [-0.25, -0.2) is 0 Å². The van der Waals surface area contributed by atoms with E-state index in [1.54, 1.807) is 24.1 Å². The number of hydrogen-bond donors (Lipinski definition) is 1. The largest absolute Gasteiger partial charge is 0.332 e. The van der Waals surface area contributed by atoms with E-state index in [-0.39, 0.29) is 23.1 Å². The molecule has 0 saturated carbocycles. The number of nitrogens with zero attached hydrogens (tertiary/aromatic N) is 1. The SMILES string of the molecule is Cc1cc[nH]c(=O)c1C(=O)N(Cc1ccccc1)C(C)C. The summed E-state index contributed by atoms with van der Waals surface area (Å²) in [6, 6.07) is 11.5. The number of H-pyrrole nitrogens is 1. The molecule has 0 aliphatic heterocycles. The van der Waals surface area contributed by atoms with Gasteiger partial charge in [0.25, 0.3) is 11.5 Å². The summed E-state index contributed by atoms with van der Waals surface area (Å²) in [5, 5.41) is 0. The van der Waals surface area contributed by atoms with Gasteiger partial charge in [0.05, 0.1) is 0 Å². The molecule has 0 unspecified atom stereocenters. The van der Waals surface area contributed by atoms with E-state index in [2.05, 4.69) is 4.98 Å². The number of carbonyl (C=O) groups is 1. The molecule has 0 aliphatic carbocycles. The van der Waals surface area contributed by atoms with E-state index in [1.807, 2.05) is 44.2 Å². The predicted molar refractivity (Wildman–Crippen MR) is 83.3 cm³/mol. The molecule has 0 aliphatic rings. The minimum Gasteiger partial charge on any atom is -0.332 e. The highest BCUT2D eigenvalue weighted by Gasteiger charge is 2.23. The van der Waals surface area contributed by atoms with Gasteiger partial charge in [0.2, 0.25) is 0 Å². The number of aromatic amines is 1. The topological polar surface area (TPSA) is 53.2 Å². The van der Waals surface area contributed by atoms with Gasteiger partial charge >= 0.3 is 0 Å². The van der Waals surface area contributed by atoms with E-state index in [1.165, 1.54) is 0 Å². The quantitative estimate of drug-likeness (QED) is 0.938. The fourth-order valence-electron chi connectivity index (χ4n) is 2.26. The van der Waals surface area contributed by atoms with Crippen LogP contribution >= 0.6 is 0 Å². The molecule has 0 saturated heterocycles. The first-order valence-corrected chi connectivity index (χ1v) is 7.04. The van der Waals surface area contributed by atoms with Crippen molar-refractivity contribution in [2.45, 2.75) is 33.4 Å². The zero-order chi connectivity index (χ0) is 15.4. The van der Waals surface area contributed by atoms with Crippen molar-refractivity contribution in [3.8, 4) is 0 Å². The number of hydrogen-bond acceptors (Lipinski definition) is 2. The molecule has 4 nitrogen and oxygen atoms in total. The molecular formula is C17H20N2O2. The Labute approximate surface area is 124 Å². The second kappa shape index (κ2) is 6.39. The lowest BCUT2D eigenvalue weighted by atomic mass is 10.1. The van der Waals surface area contributed by atoms with E-state index in [0.29, 0.717) is 12.1 Å². The Bertz CT molecular complexity index is 675. The summed E-state index contributed by atoms with van der Waals surface area (Å²) < 4.78 is 0. The van der Waals surface area contributed by atoms with E-state index in [0.717, 1.165) is 5.56 Å². The Morgan fingerprint density at radius 1 is 1.19 bits per heavy atom. The molecule has 110 valence electrons. The minimum atomic E-state index is -0.335. The molecule has 1 aromatic heterocycles. The molecule has 4 heteroatoms. The Balaban J connectivity index is 2.35. The van der Waals surface area contributed by atoms with Crippen LogP contribution < -0.4 is 5.56 Å². The van der Waals surface area contributed by atoms with E-state index in [4.69, 9.17) is 0 Å². The van der Waals surface area contributed by atoms with Gasteiger partial charge in [-0.1, -0.05) is 30.3 Å². The number of aromatic nitrogens is 1. The Morgan fingerprint density at radius 3 is 2.43 bits per heavy atom. The first-order chi connectivity index (χ1) is 10.0. The normalized spacial score (nSPS) is 10.7. The van der Waals surface area contributed by atoms with Crippen molar-refractivity contribution in [1.82, 2.24) is 9.88 Å². The number of nitrogens with one attached hydrogen (secondary N) is 1. The number of benzene rings is 1. The molecule has 0 fully saturated rings. The third-order valence-corrected chi connectivity index (χ3v) is 3.46. The highest BCUT2D eigenvalue weighted by molar-refractivity contribution is 5.95. The predicted octanol–water partition coefficient (Wildman–Crippen LogP) is 2.73. The molecule has 0 spiro atoms. The Morgan fingerprint density at radius 2 is 1.86 bits per heavy atom. The lowest BCUT2D eigenvalue weighted by Gasteiger charge is -2.27. The number of rotatable bonds is 4. The van der Waals surface area contributed by atoms with Crippen LogP contribution in [0, 0.1) is 6.92 Å². The maximum atomic E-state index is 12.7. The molecule has 1 amide bonds. The molecule has 0 atom stereocenters. The van der Waals surface area contributed by atoms with Crippen molar-refractivity contribution in [3.63, 3.8) is 0 Å². The van der Waals surface area contributed by atoms with Gasteiger partial charge in [-0.05, 0) is 38.0 Å². The van der Waals surface area contributed by atoms with Gasteiger partial charge in [0.15, 0.2) is 0 Å². The van der Waals surface area contributed by atoms with Gasteiger partial charge in [-0.3, -0.25) is 9.59 Å². The standard InChI is InChI=1S/C17H20N2O2/c1-12(2)19(11-14-7-5-4-6-8-14)17(21)15-13(3)9-10-18-16(15)20/h4-10,12H,11H2,1-3H3,(H,18,20). The number of amides is 1. The van der Waals surface area contributed by atoms with Crippen LogP contribution in [-0.2, 0) is 6.54 Å².